The van der Waals surface area contributed by atoms with Crippen LogP contribution in [0.5, 0.6) is 0 Å². The van der Waals surface area contributed by atoms with Crippen molar-refractivity contribution in [1.82, 2.24) is 0 Å². The van der Waals surface area contributed by atoms with Gasteiger partial charge in [-0.25, -0.2) is 4.99 Å². The molecular weight excluding hydrogens is 469 g/mol. The number of benzene rings is 3. The van der Waals surface area contributed by atoms with Crippen LogP contribution in [0.15, 0.2) is 83.9 Å². The van der Waals surface area contributed by atoms with E-state index in [4.69, 9.17) is 49.3 Å². The molecule has 1 N–H and O–H groups in total. The molecule has 0 saturated heterocycles. The molecule has 3 atom stereocenters. The van der Waals surface area contributed by atoms with E-state index in [0.29, 0.717) is 27.8 Å². The van der Waals surface area contributed by atoms with Crippen molar-refractivity contribution in [1.29, 1.82) is 0 Å². The lowest BCUT2D eigenvalue weighted by Gasteiger charge is -2.33. The van der Waals surface area contributed by atoms with E-state index < -0.39 is 11.0 Å². The average molecular weight is 491 g/mol. The van der Waals surface area contributed by atoms with E-state index in [0.717, 1.165) is 5.56 Å². The Labute approximate surface area is 202 Å². The molecule has 0 fully saturated rings. The van der Waals surface area contributed by atoms with Crippen LogP contribution in [-0.2, 0) is 15.1 Å². The van der Waals surface area contributed by atoms with Crippen molar-refractivity contribution in [3.63, 3.8) is 0 Å². The summed E-state index contributed by atoms with van der Waals surface area (Å²) in [5.74, 6) is 0.245. The molecule has 1 aliphatic rings. The Bertz CT molecular complexity index is 1030. The molecule has 0 bridgehead atoms. The van der Waals surface area contributed by atoms with Gasteiger partial charge in [0.25, 0.3) is 0 Å². The van der Waals surface area contributed by atoms with Crippen molar-refractivity contribution in [2.45, 2.75) is 23.1 Å². The van der Waals surface area contributed by atoms with Gasteiger partial charge in [0, 0.05) is 17.2 Å². The number of nitrogens with zero attached hydrogens (tertiary/aromatic N) is 1. The number of rotatable bonds is 7. The highest BCUT2D eigenvalue weighted by atomic mass is 35.5. The highest BCUT2D eigenvalue weighted by Crippen LogP contribution is 2.41. The molecule has 166 valence electrons. The van der Waals surface area contributed by atoms with Gasteiger partial charge >= 0.3 is 0 Å². The normalized spacial score (nSPS) is 19.3. The zero-order valence-corrected chi connectivity index (χ0v) is 19.6. The standard InChI is InChI=1S/C25H22Cl3NO3/c1-31-15-21-22(16-5-3-2-4-6-16)32-24(29-21)23(28)25(30,17-7-11-19(26)12-8-17)18-9-13-20(27)14-10-18/h2-14,21-23,30H,15H2,1H3/t21-,22-,23?/m0/s1. The summed E-state index contributed by atoms with van der Waals surface area (Å²) in [6.45, 7) is 0.354. The average Bonchev–Trinajstić information content (AvgIpc) is 3.23. The van der Waals surface area contributed by atoms with E-state index in [1.807, 2.05) is 30.3 Å². The van der Waals surface area contributed by atoms with Crippen LogP contribution in [-0.4, -0.2) is 36.1 Å². The molecule has 0 spiro atoms. The third-order valence-electron chi connectivity index (χ3n) is 5.51. The molecular formula is C25H22Cl3NO3. The van der Waals surface area contributed by atoms with Crippen molar-refractivity contribution in [2.75, 3.05) is 13.7 Å². The minimum Gasteiger partial charge on any atom is -0.469 e. The van der Waals surface area contributed by atoms with Crippen LogP contribution in [0, 0.1) is 0 Å². The van der Waals surface area contributed by atoms with Gasteiger partial charge in [0.1, 0.15) is 23.1 Å². The predicted octanol–water partition coefficient (Wildman–Crippen LogP) is 6.02. The number of ether oxygens (including phenoxy) is 2. The Morgan fingerprint density at radius 1 is 0.938 bits per heavy atom. The zero-order valence-electron chi connectivity index (χ0n) is 17.3. The number of alkyl halides is 1. The molecule has 1 heterocycles. The highest BCUT2D eigenvalue weighted by Gasteiger charge is 2.47. The Balaban J connectivity index is 1.75. The third kappa shape index (κ3) is 4.52. The second-order valence-corrected chi connectivity index (χ2v) is 8.89. The van der Waals surface area contributed by atoms with Gasteiger partial charge in [-0.15, -0.1) is 11.6 Å². The molecule has 4 nitrogen and oxygen atoms in total. The molecule has 32 heavy (non-hydrogen) atoms. The third-order valence-corrected chi connectivity index (χ3v) is 6.51. The van der Waals surface area contributed by atoms with Gasteiger partial charge < -0.3 is 14.6 Å². The van der Waals surface area contributed by atoms with Gasteiger partial charge in [-0.1, -0.05) is 77.8 Å². The Morgan fingerprint density at radius 2 is 1.47 bits per heavy atom. The molecule has 3 aromatic rings. The van der Waals surface area contributed by atoms with E-state index in [1.54, 1.807) is 55.6 Å². The van der Waals surface area contributed by atoms with Gasteiger partial charge in [-0.2, -0.15) is 0 Å². The van der Waals surface area contributed by atoms with Crippen LogP contribution < -0.4 is 0 Å². The summed E-state index contributed by atoms with van der Waals surface area (Å²) < 4.78 is 11.6. The lowest BCUT2D eigenvalue weighted by atomic mass is 9.83. The van der Waals surface area contributed by atoms with Crippen LogP contribution >= 0.6 is 34.8 Å². The SMILES string of the molecule is COC[C@@H]1N=C(C(Cl)C(O)(c2ccc(Cl)cc2)c2ccc(Cl)cc2)O[C@H]1c1ccccc1. The predicted molar refractivity (Wildman–Crippen MR) is 129 cm³/mol. The number of aliphatic imine (C=N–C) groups is 1. The molecule has 0 radical (unpaired) electrons. The van der Waals surface area contributed by atoms with E-state index in [1.165, 1.54) is 0 Å². The molecule has 0 saturated carbocycles. The summed E-state index contributed by atoms with van der Waals surface area (Å²) in [4.78, 5) is 4.71. The fourth-order valence-electron chi connectivity index (χ4n) is 3.87. The van der Waals surface area contributed by atoms with Crippen molar-refractivity contribution in [2.24, 2.45) is 4.99 Å². The van der Waals surface area contributed by atoms with Gasteiger partial charge in [0.15, 0.2) is 0 Å². The Kier molecular flexibility index (Phi) is 7.08. The number of hydrogen-bond donors (Lipinski definition) is 1. The van der Waals surface area contributed by atoms with E-state index in [-0.39, 0.29) is 18.0 Å². The summed E-state index contributed by atoms with van der Waals surface area (Å²) >= 11 is 19.1. The van der Waals surface area contributed by atoms with Gasteiger partial charge in [0.05, 0.1) is 6.61 Å². The van der Waals surface area contributed by atoms with Crippen molar-refractivity contribution in [3.8, 4) is 0 Å². The summed E-state index contributed by atoms with van der Waals surface area (Å²) in [6.07, 6.45) is -0.368. The maximum Gasteiger partial charge on any atom is 0.206 e. The first kappa shape index (κ1) is 23.1. The van der Waals surface area contributed by atoms with Crippen LogP contribution in [0.25, 0.3) is 0 Å². The molecule has 1 unspecified atom stereocenters. The summed E-state index contributed by atoms with van der Waals surface area (Å²) in [5.41, 5.74) is 0.432. The smallest absolute Gasteiger partial charge is 0.206 e. The van der Waals surface area contributed by atoms with Crippen LogP contribution in [0.3, 0.4) is 0 Å². The van der Waals surface area contributed by atoms with Crippen molar-refractivity contribution in [3.05, 3.63) is 106 Å². The summed E-state index contributed by atoms with van der Waals surface area (Å²) in [7, 11) is 1.62. The summed E-state index contributed by atoms with van der Waals surface area (Å²) in [6, 6.07) is 23.3. The number of aliphatic hydroxyl groups is 1. The Hall–Kier alpha value is -2.08. The Morgan fingerprint density at radius 3 is 1.97 bits per heavy atom. The molecule has 1 aliphatic heterocycles. The highest BCUT2D eigenvalue weighted by molar-refractivity contribution is 6.32. The quantitative estimate of drug-likeness (QED) is 0.412. The van der Waals surface area contributed by atoms with E-state index in [2.05, 4.69) is 0 Å². The lowest BCUT2D eigenvalue weighted by Crippen LogP contribution is -2.42. The topological polar surface area (TPSA) is 51.0 Å². The van der Waals surface area contributed by atoms with Gasteiger partial charge in [0.2, 0.25) is 5.90 Å². The monoisotopic (exact) mass is 489 g/mol. The van der Waals surface area contributed by atoms with Gasteiger partial charge in [-0.05, 0) is 41.0 Å². The van der Waals surface area contributed by atoms with E-state index in [9.17, 15) is 5.11 Å². The second kappa shape index (κ2) is 9.82. The first-order valence-corrected chi connectivity index (χ1v) is 11.3. The van der Waals surface area contributed by atoms with Gasteiger partial charge in [-0.3, -0.25) is 0 Å². The molecule has 7 heteroatoms. The molecule has 0 amide bonds. The minimum atomic E-state index is -1.64. The fraction of sp³-hybridized carbons (Fsp3) is 0.240. The molecule has 0 aliphatic carbocycles. The fourth-order valence-corrected chi connectivity index (χ4v) is 4.48. The van der Waals surface area contributed by atoms with Crippen molar-refractivity contribution >= 4 is 40.7 Å². The maximum absolute atomic E-state index is 12.0. The number of halogens is 3. The van der Waals surface area contributed by atoms with Crippen LogP contribution in [0.2, 0.25) is 10.0 Å². The van der Waals surface area contributed by atoms with E-state index >= 15 is 0 Å². The number of methoxy groups -OCH3 is 1. The largest absolute Gasteiger partial charge is 0.469 e. The minimum absolute atomic E-state index is 0.245. The summed E-state index contributed by atoms with van der Waals surface area (Å²) in [5, 5.41) is 12.1. The zero-order chi connectivity index (χ0) is 22.7. The lowest BCUT2D eigenvalue weighted by molar-refractivity contribution is 0.0786. The molecule has 0 aromatic heterocycles. The van der Waals surface area contributed by atoms with Crippen LogP contribution in [0.1, 0.15) is 22.8 Å². The molecule has 4 rings (SSSR count). The first-order chi connectivity index (χ1) is 15.4. The number of hydrogen-bond acceptors (Lipinski definition) is 4. The maximum atomic E-state index is 12.0. The van der Waals surface area contributed by atoms with Crippen LogP contribution in [0.4, 0.5) is 0 Å². The first-order valence-electron chi connectivity index (χ1n) is 10.1. The second-order valence-electron chi connectivity index (χ2n) is 7.58. The molecule has 3 aromatic carbocycles. The van der Waals surface area contributed by atoms with Crippen molar-refractivity contribution < 1.29 is 14.6 Å².